The Kier molecular flexibility index (Phi) is 10.6. The topological polar surface area (TPSA) is 154 Å². The van der Waals surface area contributed by atoms with Crippen LogP contribution in [0.1, 0.15) is 47.0 Å². The van der Waals surface area contributed by atoms with Crippen LogP contribution in [-0.2, 0) is 24.0 Å². The predicted octanol–water partition coefficient (Wildman–Crippen LogP) is -1.11. The van der Waals surface area contributed by atoms with Gasteiger partial charge in [0.05, 0.1) is 0 Å². The molecule has 0 aliphatic heterocycles. The lowest BCUT2D eigenvalue weighted by atomic mass is 10.2. The third-order valence-corrected chi connectivity index (χ3v) is 3.42. The van der Waals surface area contributed by atoms with E-state index in [0.717, 1.165) is 0 Å². The number of carboxylic acids is 1. The number of carbonyl (C=O) groups excluding carboxylic acids is 4. The average Bonchev–Trinajstić information content (AvgIpc) is 2.54. The number of hydrogen-bond donors (Lipinski definition) is 5. The molecular weight excluding hydrogens is 344 g/mol. The number of rotatable bonds is 11. The Labute approximate surface area is 152 Å². The van der Waals surface area contributed by atoms with E-state index < -0.39 is 41.8 Å². The van der Waals surface area contributed by atoms with Crippen molar-refractivity contribution in [3.05, 3.63) is 0 Å². The highest BCUT2D eigenvalue weighted by Crippen LogP contribution is 1.97. The molecule has 10 heteroatoms. The van der Waals surface area contributed by atoms with Crippen molar-refractivity contribution in [3.8, 4) is 0 Å². The number of hydrogen-bond acceptors (Lipinski definition) is 5. The molecule has 0 aromatic carbocycles. The molecule has 4 amide bonds. The average molecular weight is 372 g/mol. The summed E-state index contributed by atoms with van der Waals surface area (Å²) in [4.78, 5) is 57.6. The van der Waals surface area contributed by atoms with Gasteiger partial charge in [0, 0.05) is 19.4 Å². The van der Waals surface area contributed by atoms with Crippen LogP contribution < -0.4 is 21.3 Å². The largest absolute Gasteiger partial charge is 0.481 e. The standard InChI is InChI=1S/C16H28N4O6/c1-5-17-14(24)9(2)19-16(26)11(4)20-15(25)10(3)18-12(21)7-6-8-13(22)23/h9-11H,5-8H2,1-4H3,(H,17,24)(H,18,21)(H,19,26)(H,20,25)(H,22,23)/t9-,10-,11+/m0/s1. The molecule has 0 heterocycles. The first-order chi connectivity index (χ1) is 12.1. The van der Waals surface area contributed by atoms with E-state index in [1.807, 2.05) is 0 Å². The fraction of sp³-hybridized carbons (Fsp3) is 0.688. The van der Waals surface area contributed by atoms with Crippen LogP contribution in [0.15, 0.2) is 0 Å². The first-order valence-electron chi connectivity index (χ1n) is 8.48. The second-order valence-corrected chi connectivity index (χ2v) is 5.89. The summed E-state index contributed by atoms with van der Waals surface area (Å²) in [6, 6.07) is -2.53. The summed E-state index contributed by atoms with van der Waals surface area (Å²) in [5.74, 6) is -2.87. The summed E-state index contributed by atoms with van der Waals surface area (Å²) in [7, 11) is 0. The van der Waals surface area contributed by atoms with Crippen LogP contribution in [0.5, 0.6) is 0 Å². The van der Waals surface area contributed by atoms with E-state index in [-0.39, 0.29) is 25.2 Å². The SMILES string of the molecule is CCNC(=O)[C@H](C)NC(=O)[C@@H](C)NC(=O)[C@H](C)NC(=O)CCCC(=O)O. The quantitative estimate of drug-likeness (QED) is 0.310. The highest BCUT2D eigenvalue weighted by molar-refractivity contribution is 5.93. The van der Waals surface area contributed by atoms with Gasteiger partial charge < -0.3 is 26.4 Å². The van der Waals surface area contributed by atoms with Crippen LogP contribution in [-0.4, -0.2) is 59.4 Å². The van der Waals surface area contributed by atoms with Crippen molar-refractivity contribution in [1.29, 1.82) is 0 Å². The molecule has 148 valence electrons. The monoisotopic (exact) mass is 372 g/mol. The molecule has 0 aliphatic carbocycles. The second-order valence-electron chi connectivity index (χ2n) is 5.89. The molecule has 0 spiro atoms. The van der Waals surface area contributed by atoms with Crippen LogP contribution in [0.4, 0.5) is 0 Å². The third kappa shape index (κ3) is 9.60. The molecule has 0 saturated carbocycles. The minimum absolute atomic E-state index is 0.00991. The molecule has 3 atom stereocenters. The molecule has 0 bridgehead atoms. The van der Waals surface area contributed by atoms with Crippen molar-refractivity contribution in [1.82, 2.24) is 21.3 Å². The lowest BCUT2D eigenvalue weighted by Gasteiger charge is -2.20. The van der Waals surface area contributed by atoms with Gasteiger partial charge in [0.15, 0.2) is 0 Å². The van der Waals surface area contributed by atoms with E-state index in [2.05, 4.69) is 21.3 Å². The smallest absolute Gasteiger partial charge is 0.303 e. The van der Waals surface area contributed by atoms with Crippen LogP contribution in [0, 0.1) is 0 Å². The Balaban J connectivity index is 4.33. The van der Waals surface area contributed by atoms with Crippen LogP contribution >= 0.6 is 0 Å². The van der Waals surface area contributed by atoms with E-state index in [9.17, 15) is 24.0 Å². The Morgan fingerprint density at radius 2 is 1.23 bits per heavy atom. The van der Waals surface area contributed by atoms with E-state index in [1.54, 1.807) is 6.92 Å². The zero-order valence-corrected chi connectivity index (χ0v) is 15.5. The summed E-state index contributed by atoms with van der Waals surface area (Å²) in [6.07, 6.45) is 0.0328. The van der Waals surface area contributed by atoms with Crippen LogP contribution in [0.3, 0.4) is 0 Å². The highest BCUT2D eigenvalue weighted by atomic mass is 16.4. The third-order valence-electron chi connectivity index (χ3n) is 3.42. The summed E-state index contributed by atoms with van der Waals surface area (Å²) in [5, 5.41) is 18.4. The Morgan fingerprint density at radius 1 is 0.769 bits per heavy atom. The van der Waals surface area contributed by atoms with Gasteiger partial charge in [-0.3, -0.25) is 24.0 Å². The number of carboxylic acid groups (broad SMARTS) is 1. The Hall–Kier alpha value is -2.65. The van der Waals surface area contributed by atoms with E-state index >= 15 is 0 Å². The Morgan fingerprint density at radius 3 is 1.69 bits per heavy atom. The van der Waals surface area contributed by atoms with Crippen molar-refractivity contribution in [2.24, 2.45) is 0 Å². The zero-order valence-electron chi connectivity index (χ0n) is 15.5. The number of amides is 4. The normalized spacial score (nSPS) is 13.7. The molecule has 0 aliphatic rings. The Bertz CT molecular complexity index is 537. The minimum Gasteiger partial charge on any atom is -0.481 e. The molecule has 26 heavy (non-hydrogen) atoms. The second kappa shape index (κ2) is 11.8. The molecule has 0 aromatic heterocycles. The van der Waals surface area contributed by atoms with Crippen molar-refractivity contribution in [3.63, 3.8) is 0 Å². The lowest BCUT2D eigenvalue weighted by molar-refractivity contribution is -0.137. The van der Waals surface area contributed by atoms with Gasteiger partial charge in [0.1, 0.15) is 18.1 Å². The number of nitrogens with one attached hydrogen (secondary N) is 4. The first kappa shape index (κ1) is 23.4. The number of aliphatic carboxylic acids is 1. The van der Waals surface area contributed by atoms with Gasteiger partial charge in [-0.05, 0) is 34.1 Å². The number of carbonyl (C=O) groups is 5. The van der Waals surface area contributed by atoms with Gasteiger partial charge in [-0.2, -0.15) is 0 Å². The minimum atomic E-state index is -0.995. The van der Waals surface area contributed by atoms with Crippen molar-refractivity contribution < 1.29 is 29.1 Å². The number of likely N-dealkylation sites (N-methyl/N-ethyl adjacent to an activating group) is 1. The molecule has 10 nitrogen and oxygen atoms in total. The summed E-state index contributed by atoms with van der Waals surface area (Å²) in [6.45, 7) is 6.63. The van der Waals surface area contributed by atoms with Gasteiger partial charge in [-0.1, -0.05) is 0 Å². The zero-order chi connectivity index (χ0) is 20.3. The van der Waals surface area contributed by atoms with Gasteiger partial charge >= 0.3 is 5.97 Å². The first-order valence-corrected chi connectivity index (χ1v) is 8.48. The molecule has 0 rings (SSSR count). The van der Waals surface area contributed by atoms with Crippen molar-refractivity contribution >= 4 is 29.6 Å². The van der Waals surface area contributed by atoms with Gasteiger partial charge in [-0.25, -0.2) is 0 Å². The van der Waals surface area contributed by atoms with E-state index in [1.165, 1.54) is 20.8 Å². The van der Waals surface area contributed by atoms with E-state index in [0.29, 0.717) is 6.54 Å². The van der Waals surface area contributed by atoms with Crippen LogP contribution in [0.25, 0.3) is 0 Å². The van der Waals surface area contributed by atoms with Crippen molar-refractivity contribution in [2.45, 2.75) is 65.1 Å². The molecule has 5 N–H and O–H groups in total. The molecule has 0 saturated heterocycles. The predicted molar refractivity (Wildman–Crippen MR) is 93.0 cm³/mol. The fourth-order valence-electron chi connectivity index (χ4n) is 1.91. The summed E-state index contributed by atoms with van der Waals surface area (Å²) >= 11 is 0. The molecule has 0 fully saturated rings. The molecule has 0 aromatic rings. The van der Waals surface area contributed by atoms with Gasteiger partial charge in [0.25, 0.3) is 0 Å². The maximum absolute atomic E-state index is 12.0. The lowest BCUT2D eigenvalue weighted by Crippen LogP contribution is -2.54. The van der Waals surface area contributed by atoms with Gasteiger partial charge in [0.2, 0.25) is 23.6 Å². The van der Waals surface area contributed by atoms with Gasteiger partial charge in [-0.15, -0.1) is 0 Å². The molecule has 0 radical (unpaired) electrons. The fourth-order valence-corrected chi connectivity index (χ4v) is 1.91. The van der Waals surface area contributed by atoms with Crippen molar-refractivity contribution in [2.75, 3.05) is 6.54 Å². The highest BCUT2D eigenvalue weighted by Gasteiger charge is 2.23. The molecular formula is C16H28N4O6. The maximum Gasteiger partial charge on any atom is 0.303 e. The maximum atomic E-state index is 12.0. The van der Waals surface area contributed by atoms with E-state index in [4.69, 9.17) is 5.11 Å². The summed E-state index contributed by atoms with van der Waals surface area (Å²) < 4.78 is 0. The summed E-state index contributed by atoms with van der Waals surface area (Å²) in [5.41, 5.74) is 0. The van der Waals surface area contributed by atoms with Crippen LogP contribution in [0.2, 0.25) is 0 Å². The molecule has 0 unspecified atom stereocenters.